The fourth-order valence-electron chi connectivity index (χ4n) is 8.01. The van der Waals surface area contributed by atoms with E-state index < -0.39 is 0 Å². The summed E-state index contributed by atoms with van der Waals surface area (Å²) in [6.07, 6.45) is 0. The van der Waals surface area contributed by atoms with Gasteiger partial charge in [0.15, 0.2) is 0 Å². The quantitative estimate of drug-likeness (QED) is 0.170. The van der Waals surface area contributed by atoms with E-state index in [1.165, 1.54) is 94.6 Å². The van der Waals surface area contributed by atoms with Crippen molar-refractivity contribution in [1.29, 1.82) is 0 Å². The summed E-state index contributed by atoms with van der Waals surface area (Å²) in [5.41, 5.74) is 22.7. The second kappa shape index (κ2) is 16.6. The van der Waals surface area contributed by atoms with E-state index in [9.17, 15) is 0 Å². The molecular formula is C56H52. The van der Waals surface area contributed by atoms with Crippen LogP contribution in [0, 0.1) is 34.6 Å². The lowest BCUT2D eigenvalue weighted by molar-refractivity contribution is 0.660. The Bertz CT molecular complexity index is 2580. The fourth-order valence-corrected chi connectivity index (χ4v) is 8.01. The van der Waals surface area contributed by atoms with Crippen LogP contribution < -0.4 is 0 Å². The SMILES string of the molecule is Cc1ccc(-c2ccc(-c3ccccc3C)c(C)c2)cc1.Cc1cccc(-c2ccccc2)c1.Cc1ccccc1-c1ccc2c(c1)-c1ccccc1C2(C)C. The van der Waals surface area contributed by atoms with Gasteiger partial charge in [0, 0.05) is 5.41 Å². The van der Waals surface area contributed by atoms with Crippen LogP contribution in [-0.4, -0.2) is 0 Å². The van der Waals surface area contributed by atoms with Gasteiger partial charge in [0.05, 0.1) is 0 Å². The Kier molecular flexibility index (Phi) is 11.3. The van der Waals surface area contributed by atoms with Crippen LogP contribution in [0.4, 0.5) is 0 Å². The maximum absolute atomic E-state index is 2.37. The Morgan fingerprint density at radius 2 is 0.768 bits per heavy atom. The van der Waals surface area contributed by atoms with Crippen molar-refractivity contribution in [2.45, 2.75) is 53.9 Å². The van der Waals surface area contributed by atoms with E-state index in [1.54, 1.807) is 0 Å². The van der Waals surface area contributed by atoms with Crippen molar-refractivity contribution in [3.63, 3.8) is 0 Å². The summed E-state index contributed by atoms with van der Waals surface area (Å²) in [5, 5.41) is 0. The Morgan fingerprint density at radius 1 is 0.268 bits per heavy atom. The first-order valence-electron chi connectivity index (χ1n) is 19.8. The molecule has 0 bridgehead atoms. The molecular weight excluding hydrogens is 673 g/mol. The van der Waals surface area contributed by atoms with Crippen LogP contribution in [0.25, 0.3) is 55.6 Å². The summed E-state index contributed by atoms with van der Waals surface area (Å²) in [6.45, 7) is 15.4. The summed E-state index contributed by atoms with van der Waals surface area (Å²) < 4.78 is 0. The molecule has 1 aliphatic carbocycles. The molecule has 0 heteroatoms. The number of hydrogen-bond acceptors (Lipinski definition) is 0. The lowest BCUT2D eigenvalue weighted by Crippen LogP contribution is -2.14. The molecule has 0 atom stereocenters. The van der Waals surface area contributed by atoms with Gasteiger partial charge < -0.3 is 0 Å². The largest absolute Gasteiger partial charge is 0.0622 e. The molecule has 0 radical (unpaired) electrons. The highest BCUT2D eigenvalue weighted by atomic mass is 14.4. The molecule has 1 aliphatic rings. The molecule has 56 heavy (non-hydrogen) atoms. The minimum atomic E-state index is 0.0934. The van der Waals surface area contributed by atoms with Gasteiger partial charge in [-0.25, -0.2) is 0 Å². The van der Waals surface area contributed by atoms with Crippen molar-refractivity contribution in [2.75, 3.05) is 0 Å². The normalized spacial score (nSPS) is 12.0. The lowest BCUT2D eigenvalue weighted by Gasteiger charge is -2.21. The molecule has 0 saturated carbocycles. The van der Waals surface area contributed by atoms with Crippen molar-refractivity contribution in [3.8, 4) is 55.6 Å². The first-order chi connectivity index (χ1) is 27.1. The van der Waals surface area contributed by atoms with E-state index in [2.05, 4.69) is 230 Å². The van der Waals surface area contributed by atoms with Crippen LogP contribution in [0.1, 0.15) is 52.8 Å². The molecule has 0 nitrogen and oxygen atoms in total. The van der Waals surface area contributed by atoms with Crippen LogP contribution in [0.2, 0.25) is 0 Å². The van der Waals surface area contributed by atoms with Crippen molar-refractivity contribution in [3.05, 3.63) is 227 Å². The van der Waals surface area contributed by atoms with Gasteiger partial charge in [0.25, 0.3) is 0 Å². The molecule has 0 amide bonds. The van der Waals surface area contributed by atoms with Gasteiger partial charge in [-0.05, 0) is 124 Å². The molecule has 0 unspecified atom stereocenters. The molecule has 0 fully saturated rings. The third-order valence-electron chi connectivity index (χ3n) is 11.2. The molecule has 8 aromatic carbocycles. The number of fused-ring (bicyclic) bond motifs is 3. The average Bonchev–Trinajstić information content (AvgIpc) is 3.45. The highest BCUT2D eigenvalue weighted by Gasteiger charge is 2.35. The van der Waals surface area contributed by atoms with Gasteiger partial charge in [-0.3, -0.25) is 0 Å². The Labute approximate surface area is 335 Å². The first kappa shape index (κ1) is 38.1. The molecule has 0 aromatic heterocycles. The number of rotatable bonds is 4. The third kappa shape index (κ3) is 8.21. The second-order valence-corrected chi connectivity index (χ2v) is 15.7. The van der Waals surface area contributed by atoms with Gasteiger partial charge in [-0.15, -0.1) is 0 Å². The van der Waals surface area contributed by atoms with Crippen LogP contribution >= 0.6 is 0 Å². The summed E-state index contributed by atoms with van der Waals surface area (Å²) in [7, 11) is 0. The smallest absolute Gasteiger partial charge is 0.0158 e. The van der Waals surface area contributed by atoms with Crippen molar-refractivity contribution in [1.82, 2.24) is 0 Å². The van der Waals surface area contributed by atoms with Crippen LogP contribution in [0.15, 0.2) is 188 Å². The highest BCUT2D eigenvalue weighted by molar-refractivity contribution is 5.85. The summed E-state index contributed by atoms with van der Waals surface area (Å²) >= 11 is 0. The first-order valence-corrected chi connectivity index (χ1v) is 19.8. The van der Waals surface area contributed by atoms with E-state index >= 15 is 0 Å². The summed E-state index contributed by atoms with van der Waals surface area (Å²) in [5.74, 6) is 0. The predicted octanol–water partition coefficient (Wildman–Crippen LogP) is 15.6. The Balaban J connectivity index is 0.000000133. The van der Waals surface area contributed by atoms with Gasteiger partial charge in [-0.2, -0.15) is 0 Å². The van der Waals surface area contributed by atoms with Gasteiger partial charge in [0.2, 0.25) is 0 Å². The minimum Gasteiger partial charge on any atom is -0.0622 e. The number of hydrogen-bond donors (Lipinski definition) is 0. The zero-order valence-electron chi connectivity index (χ0n) is 33.9. The van der Waals surface area contributed by atoms with E-state index in [4.69, 9.17) is 0 Å². The van der Waals surface area contributed by atoms with Gasteiger partial charge in [0.1, 0.15) is 0 Å². The third-order valence-corrected chi connectivity index (χ3v) is 11.2. The molecule has 8 aromatic rings. The summed E-state index contributed by atoms with van der Waals surface area (Å²) in [6, 6.07) is 67.4. The fraction of sp³-hybridized carbons (Fsp3) is 0.143. The molecule has 0 saturated heterocycles. The summed E-state index contributed by atoms with van der Waals surface area (Å²) in [4.78, 5) is 0. The van der Waals surface area contributed by atoms with Crippen LogP contribution in [-0.2, 0) is 5.41 Å². The predicted molar refractivity (Wildman–Crippen MR) is 242 cm³/mol. The van der Waals surface area contributed by atoms with E-state index in [-0.39, 0.29) is 5.41 Å². The Hall–Kier alpha value is -6.24. The monoisotopic (exact) mass is 724 g/mol. The molecule has 0 spiro atoms. The molecule has 9 rings (SSSR count). The van der Waals surface area contributed by atoms with E-state index in [1.807, 2.05) is 6.07 Å². The Morgan fingerprint density at radius 3 is 1.43 bits per heavy atom. The van der Waals surface area contributed by atoms with E-state index in [0.29, 0.717) is 0 Å². The van der Waals surface area contributed by atoms with E-state index in [0.717, 1.165) is 0 Å². The lowest BCUT2D eigenvalue weighted by atomic mass is 9.82. The second-order valence-electron chi connectivity index (χ2n) is 15.7. The maximum atomic E-state index is 2.37. The standard InChI is InChI=1S/C22H20.C21H20.C13H12/c1-15-8-4-5-9-17(15)16-12-13-21-19(14-16)18-10-6-7-11-20(18)22(21,2)3;1-15-8-10-18(11-9-15)19-12-13-21(17(3)14-19)20-7-5-4-6-16(20)2;1-11-6-5-9-13(10-11)12-7-3-2-4-8-12/h4-14H,1-3H3;4-14H,1-3H3;2-10H,1H3. The molecule has 276 valence electrons. The molecule has 0 aliphatic heterocycles. The highest BCUT2D eigenvalue weighted by Crippen LogP contribution is 2.49. The van der Waals surface area contributed by atoms with Crippen molar-refractivity contribution in [2.24, 2.45) is 0 Å². The zero-order chi connectivity index (χ0) is 39.2. The minimum absolute atomic E-state index is 0.0934. The molecule has 0 N–H and O–H groups in total. The van der Waals surface area contributed by atoms with Gasteiger partial charge in [-0.1, -0.05) is 207 Å². The number of aryl methyl sites for hydroxylation is 5. The van der Waals surface area contributed by atoms with Gasteiger partial charge >= 0.3 is 0 Å². The van der Waals surface area contributed by atoms with Crippen LogP contribution in [0.5, 0.6) is 0 Å². The average molecular weight is 725 g/mol. The zero-order valence-corrected chi connectivity index (χ0v) is 33.9. The number of benzene rings is 8. The topological polar surface area (TPSA) is 0 Å². The van der Waals surface area contributed by atoms with Crippen molar-refractivity contribution >= 4 is 0 Å². The van der Waals surface area contributed by atoms with Crippen molar-refractivity contribution < 1.29 is 0 Å². The van der Waals surface area contributed by atoms with Crippen LogP contribution in [0.3, 0.4) is 0 Å². The molecule has 0 heterocycles. The maximum Gasteiger partial charge on any atom is 0.0158 e.